The topological polar surface area (TPSA) is 32.8 Å². The zero-order valence-electron chi connectivity index (χ0n) is 13.7. The van der Waals surface area contributed by atoms with Crippen LogP contribution in [0.4, 0.5) is 0 Å². The van der Waals surface area contributed by atoms with Crippen molar-refractivity contribution < 1.29 is 9.53 Å². The van der Waals surface area contributed by atoms with E-state index < -0.39 is 0 Å². The second-order valence-electron chi connectivity index (χ2n) is 5.37. The van der Waals surface area contributed by atoms with Gasteiger partial charge >= 0.3 is 0 Å². The largest absolute Gasteiger partial charge is 0.496 e. The van der Waals surface area contributed by atoms with Crippen molar-refractivity contribution >= 4 is 17.7 Å². The van der Waals surface area contributed by atoms with Gasteiger partial charge in [-0.3, -0.25) is 4.79 Å². The number of ether oxygens (including phenoxy) is 1. The molecule has 1 unspecified atom stereocenters. The molecule has 0 N–H and O–H groups in total. The number of para-hydroxylation sites is 1. The lowest BCUT2D eigenvalue weighted by atomic mass is 10.1. The molecule has 1 amide bonds. The maximum absolute atomic E-state index is 12.2. The summed E-state index contributed by atoms with van der Waals surface area (Å²) in [7, 11) is 1.69. The molecule has 0 spiro atoms. The minimum absolute atomic E-state index is 0.0837. The molecule has 1 aromatic carbocycles. The van der Waals surface area contributed by atoms with Crippen LogP contribution in [-0.2, 0) is 4.79 Å². The smallest absolute Gasteiger partial charge is 0.233 e. The molecular weight excluding hydrogens is 296 g/mol. The number of methoxy groups -OCH3 is 1. The Morgan fingerprint density at radius 3 is 2.73 bits per heavy atom. The molecule has 1 aromatic rings. The number of rotatable bonds is 8. The normalized spacial score (nSPS) is 18.3. The second kappa shape index (κ2) is 8.44. The van der Waals surface area contributed by atoms with E-state index in [2.05, 4.69) is 24.8 Å². The van der Waals surface area contributed by atoms with Gasteiger partial charge in [0.1, 0.15) is 11.1 Å². The third kappa shape index (κ3) is 3.96. The molecule has 5 heteroatoms. The molecule has 0 saturated carbocycles. The molecule has 1 atom stereocenters. The number of carbonyl (C=O) groups is 1. The highest BCUT2D eigenvalue weighted by molar-refractivity contribution is 8.00. The highest BCUT2D eigenvalue weighted by Gasteiger charge is 2.33. The minimum atomic E-state index is 0.0837. The molecule has 4 nitrogen and oxygen atoms in total. The lowest BCUT2D eigenvalue weighted by Crippen LogP contribution is -2.32. The average Bonchev–Trinajstić information content (AvgIpc) is 2.92. The van der Waals surface area contributed by atoms with Crippen LogP contribution in [0.3, 0.4) is 0 Å². The summed E-state index contributed by atoms with van der Waals surface area (Å²) in [6.45, 7) is 8.34. The molecule has 1 aliphatic heterocycles. The van der Waals surface area contributed by atoms with Crippen LogP contribution in [0, 0.1) is 0 Å². The predicted octanol–water partition coefficient (Wildman–Crippen LogP) is 3.00. The first kappa shape index (κ1) is 17.2. The molecule has 1 saturated heterocycles. The number of benzene rings is 1. The van der Waals surface area contributed by atoms with Crippen LogP contribution in [0.1, 0.15) is 31.2 Å². The second-order valence-corrected chi connectivity index (χ2v) is 6.44. The summed E-state index contributed by atoms with van der Waals surface area (Å²) in [4.78, 5) is 16.6. The maximum Gasteiger partial charge on any atom is 0.233 e. The minimum Gasteiger partial charge on any atom is -0.496 e. The molecule has 1 heterocycles. The first-order chi connectivity index (χ1) is 10.7. The lowest BCUT2D eigenvalue weighted by molar-refractivity contribution is -0.128. The molecule has 0 bridgehead atoms. The van der Waals surface area contributed by atoms with Crippen molar-refractivity contribution in [3.8, 4) is 5.75 Å². The van der Waals surface area contributed by atoms with E-state index in [-0.39, 0.29) is 11.3 Å². The fourth-order valence-corrected chi connectivity index (χ4v) is 4.07. The van der Waals surface area contributed by atoms with E-state index in [1.165, 1.54) is 0 Å². The van der Waals surface area contributed by atoms with Gasteiger partial charge in [-0.15, -0.1) is 11.8 Å². The maximum atomic E-state index is 12.2. The Labute approximate surface area is 137 Å². The van der Waals surface area contributed by atoms with E-state index in [4.69, 9.17) is 4.74 Å². The average molecular weight is 322 g/mol. The van der Waals surface area contributed by atoms with Crippen molar-refractivity contribution in [1.29, 1.82) is 0 Å². The Balaban J connectivity index is 2.03. The third-order valence-corrected chi connectivity index (χ3v) is 5.38. The summed E-state index contributed by atoms with van der Waals surface area (Å²) in [5.74, 6) is 1.66. The van der Waals surface area contributed by atoms with Crippen molar-refractivity contribution in [2.24, 2.45) is 0 Å². The fourth-order valence-electron chi connectivity index (χ4n) is 2.83. The summed E-state index contributed by atoms with van der Waals surface area (Å²) in [6, 6.07) is 8.00. The highest BCUT2D eigenvalue weighted by atomic mass is 32.2. The van der Waals surface area contributed by atoms with Crippen molar-refractivity contribution in [2.75, 3.05) is 39.0 Å². The van der Waals surface area contributed by atoms with Gasteiger partial charge in [0.15, 0.2) is 0 Å². The Bertz CT molecular complexity index is 491. The first-order valence-corrected chi connectivity index (χ1v) is 9.02. The van der Waals surface area contributed by atoms with Gasteiger partial charge in [0.25, 0.3) is 0 Å². The third-order valence-electron chi connectivity index (χ3n) is 4.14. The van der Waals surface area contributed by atoms with E-state index in [1.807, 2.05) is 23.1 Å². The molecule has 1 aliphatic rings. The summed E-state index contributed by atoms with van der Waals surface area (Å²) < 4.78 is 5.46. The van der Waals surface area contributed by atoms with Crippen LogP contribution < -0.4 is 4.74 Å². The zero-order valence-corrected chi connectivity index (χ0v) is 14.6. The monoisotopic (exact) mass is 322 g/mol. The molecule has 1 fully saturated rings. The van der Waals surface area contributed by atoms with Crippen molar-refractivity contribution in [2.45, 2.75) is 25.6 Å². The Morgan fingerprint density at radius 2 is 2.05 bits per heavy atom. The number of thioether (sulfide) groups is 1. The number of hydrogen-bond acceptors (Lipinski definition) is 4. The van der Waals surface area contributed by atoms with E-state index in [0.29, 0.717) is 5.75 Å². The van der Waals surface area contributed by atoms with Crippen molar-refractivity contribution in [3.05, 3.63) is 29.8 Å². The van der Waals surface area contributed by atoms with E-state index >= 15 is 0 Å². The number of carbonyl (C=O) groups excluding carboxylic acids is 1. The van der Waals surface area contributed by atoms with Crippen LogP contribution in [0.15, 0.2) is 24.3 Å². The van der Waals surface area contributed by atoms with Crippen LogP contribution in [-0.4, -0.2) is 54.7 Å². The summed E-state index contributed by atoms with van der Waals surface area (Å²) in [5.41, 5.74) is 1.10. The molecule has 122 valence electrons. The quantitative estimate of drug-likeness (QED) is 0.736. The van der Waals surface area contributed by atoms with E-state index in [1.54, 1.807) is 18.9 Å². The lowest BCUT2D eigenvalue weighted by Gasteiger charge is -2.26. The summed E-state index contributed by atoms with van der Waals surface area (Å²) in [5, 5.41) is 0.0837. The zero-order chi connectivity index (χ0) is 15.9. The number of hydrogen-bond donors (Lipinski definition) is 0. The van der Waals surface area contributed by atoms with Crippen LogP contribution in [0.2, 0.25) is 0 Å². The summed E-state index contributed by atoms with van der Waals surface area (Å²) in [6.07, 6.45) is 1.01. The highest BCUT2D eigenvalue weighted by Crippen LogP contribution is 2.42. The van der Waals surface area contributed by atoms with Crippen LogP contribution >= 0.6 is 11.8 Å². The van der Waals surface area contributed by atoms with Gasteiger partial charge < -0.3 is 14.5 Å². The molecule has 0 radical (unpaired) electrons. The van der Waals surface area contributed by atoms with Gasteiger partial charge in [0.05, 0.1) is 12.9 Å². The Hall–Kier alpha value is -1.20. The standard InChI is InChI=1S/C17H26N2O2S/c1-4-18(5-2)11-8-12-19-16(20)13-22-17(19)14-9-6-7-10-15(14)21-3/h6-7,9-10,17H,4-5,8,11-13H2,1-3H3. The Morgan fingerprint density at radius 1 is 1.32 bits per heavy atom. The fraction of sp³-hybridized carbons (Fsp3) is 0.588. The van der Waals surface area contributed by atoms with Gasteiger partial charge in [-0.1, -0.05) is 32.0 Å². The molecule has 0 aliphatic carbocycles. The van der Waals surface area contributed by atoms with Crippen molar-refractivity contribution in [1.82, 2.24) is 9.80 Å². The van der Waals surface area contributed by atoms with Crippen LogP contribution in [0.25, 0.3) is 0 Å². The Kier molecular flexibility index (Phi) is 6.58. The molecule has 0 aromatic heterocycles. The predicted molar refractivity (Wildman–Crippen MR) is 92.3 cm³/mol. The summed E-state index contributed by atoms with van der Waals surface area (Å²) >= 11 is 1.69. The van der Waals surface area contributed by atoms with Crippen LogP contribution in [0.5, 0.6) is 5.75 Å². The van der Waals surface area contributed by atoms with Gasteiger partial charge in [0, 0.05) is 12.1 Å². The SMILES string of the molecule is CCN(CC)CCCN1C(=O)CSC1c1ccccc1OC. The first-order valence-electron chi connectivity index (χ1n) is 7.97. The molecular formula is C17H26N2O2S. The van der Waals surface area contributed by atoms with E-state index in [0.717, 1.165) is 43.9 Å². The number of nitrogens with zero attached hydrogens (tertiary/aromatic N) is 2. The van der Waals surface area contributed by atoms with Gasteiger partial charge in [0.2, 0.25) is 5.91 Å². The van der Waals surface area contributed by atoms with E-state index in [9.17, 15) is 4.79 Å². The number of amides is 1. The van der Waals surface area contributed by atoms with Gasteiger partial charge in [-0.25, -0.2) is 0 Å². The molecule has 2 rings (SSSR count). The molecule has 22 heavy (non-hydrogen) atoms. The van der Waals surface area contributed by atoms with Gasteiger partial charge in [-0.05, 0) is 32.1 Å². The van der Waals surface area contributed by atoms with Crippen molar-refractivity contribution in [3.63, 3.8) is 0 Å². The van der Waals surface area contributed by atoms with Gasteiger partial charge in [-0.2, -0.15) is 0 Å².